The number of carbonyl (C=O) groups excluding carboxylic acids is 3. The number of nitrogens with two attached hydrogens (primary N) is 1. The number of hydrogen-bond acceptors (Lipinski definition) is 13. The number of ether oxygens (including phenoxy) is 3. The Hall–Kier alpha value is -3.92. The predicted molar refractivity (Wildman–Crippen MR) is 162 cm³/mol. The Labute approximate surface area is 264 Å². The summed E-state index contributed by atoms with van der Waals surface area (Å²) in [6.07, 6.45) is -3.43. The van der Waals surface area contributed by atoms with E-state index in [1.165, 1.54) is 25.3 Å². The van der Waals surface area contributed by atoms with Crippen LogP contribution < -0.4 is 15.9 Å². The van der Waals surface area contributed by atoms with Gasteiger partial charge in [-0.05, 0) is 19.4 Å². The third-order valence-electron chi connectivity index (χ3n) is 8.90. The number of carbonyl (C=O) groups is 3. The van der Waals surface area contributed by atoms with Crippen molar-refractivity contribution in [1.82, 2.24) is 5.43 Å². The molecule has 248 valence electrons. The summed E-state index contributed by atoms with van der Waals surface area (Å²) < 4.78 is 17.4. The number of unbranched alkanes of at least 4 members (excludes halogenated alkanes) is 1. The van der Waals surface area contributed by atoms with E-state index in [9.17, 15) is 39.9 Å². The van der Waals surface area contributed by atoms with Gasteiger partial charge < -0.3 is 45.5 Å². The van der Waals surface area contributed by atoms with Gasteiger partial charge in [0.05, 0.1) is 54.4 Å². The highest BCUT2D eigenvalue weighted by atomic mass is 16.7. The number of rotatable bonds is 9. The second-order valence-corrected chi connectivity index (χ2v) is 11.9. The number of phenolic OH excluding ortho intramolecular Hbond substituents is 2. The lowest BCUT2D eigenvalue weighted by Crippen LogP contribution is -2.53. The first-order chi connectivity index (χ1) is 21.9. The highest BCUT2D eigenvalue weighted by Gasteiger charge is 2.49. The first-order valence-electron chi connectivity index (χ1n) is 15.2. The lowest BCUT2D eigenvalue weighted by molar-refractivity contribution is -0.245. The minimum atomic E-state index is -2.08. The van der Waals surface area contributed by atoms with E-state index in [4.69, 9.17) is 19.9 Å². The van der Waals surface area contributed by atoms with Crippen LogP contribution >= 0.6 is 0 Å². The summed E-state index contributed by atoms with van der Waals surface area (Å²) in [6, 6.07) is 3.66. The highest BCUT2D eigenvalue weighted by Crippen LogP contribution is 2.52. The Morgan fingerprint density at radius 2 is 1.89 bits per heavy atom. The van der Waals surface area contributed by atoms with Crippen LogP contribution in [0.2, 0.25) is 0 Å². The maximum absolute atomic E-state index is 13.9. The second-order valence-electron chi connectivity index (χ2n) is 11.9. The molecule has 0 radical (unpaired) electrons. The van der Waals surface area contributed by atoms with E-state index in [0.717, 1.165) is 6.42 Å². The monoisotopic (exact) mass is 641 g/mol. The zero-order valence-electron chi connectivity index (χ0n) is 25.8. The average molecular weight is 642 g/mol. The molecule has 8 N–H and O–H groups in total. The number of aliphatic hydroxyl groups is 3. The molecule has 46 heavy (non-hydrogen) atoms. The number of phenols is 2. The fourth-order valence-corrected chi connectivity index (χ4v) is 6.42. The number of methoxy groups -OCH3 is 1. The second kappa shape index (κ2) is 13.1. The smallest absolute Gasteiger partial charge is 0.240 e. The molecule has 1 saturated heterocycles. The molecule has 5 rings (SSSR count). The molecule has 14 nitrogen and oxygen atoms in total. The van der Waals surface area contributed by atoms with E-state index >= 15 is 0 Å². The van der Waals surface area contributed by atoms with Crippen molar-refractivity contribution in [2.45, 2.75) is 88.6 Å². The molecule has 0 bridgehead atoms. The van der Waals surface area contributed by atoms with Crippen LogP contribution in [0.1, 0.15) is 95.0 Å². The number of ketones is 2. The van der Waals surface area contributed by atoms with Gasteiger partial charge in [0.15, 0.2) is 12.1 Å². The molecular weight excluding hydrogens is 602 g/mol. The van der Waals surface area contributed by atoms with Crippen molar-refractivity contribution in [2.24, 2.45) is 10.8 Å². The fourth-order valence-electron chi connectivity index (χ4n) is 6.42. The van der Waals surface area contributed by atoms with Crippen LogP contribution in [0.4, 0.5) is 0 Å². The fraction of sp³-hybridized carbons (Fsp3) is 0.500. The summed E-state index contributed by atoms with van der Waals surface area (Å²) in [4.78, 5) is 39.9. The largest absolute Gasteiger partial charge is 0.507 e. The number of hydrazone groups is 1. The third-order valence-corrected chi connectivity index (χ3v) is 8.90. The van der Waals surface area contributed by atoms with Gasteiger partial charge in [0.25, 0.3) is 0 Å². The molecule has 2 aromatic rings. The van der Waals surface area contributed by atoms with E-state index in [1.807, 2.05) is 6.92 Å². The Morgan fingerprint density at radius 3 is 2.54 bits per heavy atom. The number of amides is 1. The Bertz CT molecular complexity index is 1580. The number of fused-ring (bicyclic) bond motifs is 3. The lowest BCUT2D eigenvalue weighted by Gasteiger charge is -2.43. The number of hydrogen-bond donors (Lipinski definition) is 7. The number of aliphatic hydroxyl groups excluding tert-OH is 2. The van der Waals surface area contributed by atoms with Gasteiger partial charge in [-0.25, -0.2) is 5.43 Å². The zero-order chi connectivity index (χ0) is 33.5. The van der Waals surface area contributed by atoms with Gasteiger partial charge in [-0.15, -0.1) is 0 Å². The van der Waals surface area contributed by atoms with E-state index in [1.54, 1.807) is 6.92 Å². The molecule has 1 fully saturated rings. The van der Waals surface area contributed by atoms with Gasteiger partial charge in [-0.2, -0.15) is 5.10 Å². The number of benzene rings is 2. The molecule has 1 unspecified atom stereocenters. The van der Waals surface area contributed by atoms with Crippen molar-refractivity contribution >= 4 is 23.2 Å². The van der Waals surface area contributed by atoms with Crippen molar-refractivity contribution in [3.05, 3.63) is 51.6 Å². The first-order valence-corrected chi connectivity index (χ1v) is 15.2. The molecule has 2 aromatic carbocycles. The molecule has 1 amide bonds. The Balaban J connectivity index is 1.65. The summed E-state index contributed by atoms with van der Waals surface area (Å²) in [5, 5.41) is 59.9. The molecule has 6 atom stereocenters. The highest BCUT2D eigenvalue weighted by molar-refractivity contribution is 6.31. The normalized spacial score (nSPS) is 27.5. The van der Waals surface area contributed by atoms with Crippen molar-refractivity contribution in [1.29, 1.82) is 0 Å². The molecule has 1 heterocycles. The summed E-state index contributed by atoms with van der Waals surface area (Å²) in [7, 11) is 1.33. The van der Waals surface area contributed by atoms with E-state index in [-0.39, 0.29) is 53.0 Å². The van der Waals surface area contributed by atoms with Crippen LogP contribution in [0.15, 0.2) is 23.3 Å². The van der Waals surface area contributed by atoms with Crippen molar-refractivity contribution in [3.63, 3.8) is 0 Å². The molecule has 14 heteroatoms. The van der Waals surface area contributed by atoms with Gasteiger partial charge in [-0.1, -0.05) is 25.5 Å². The van der Waals surface area contributed by atoms with Crippen LogP contribution in [0.3, 0.4) is 0 Å². The van der Waals surface area contributed by atoms with Crippen LogP contribution in [-0.2, 0) is 20.7 Å². The molecule has 0 spiro atoms. The van der Waals surface area contributed by atoms with Crippen LogP contribution in [0.5, 0.6) is 17.2 Å². The first kappa shape index (κ1) is 33.4. The minimum Gasteiger partial charge on any atom is -0.507 e. The molecular formula is C32H39N3O11. The third kappa shape index (κ3) is 5.76. The average Bonchev–Trinajstić information content (AvgIpc) is 3.02. The van der Waals surface area contributed by atoms with Crippen LogP contribution in [-0.4, -0.2) is 92.6 Å². The summed E-state index contributed by atoms with van der Waals surface area (Å²) in [6.45, 7) is 2.71. The van der Waals surface area contributed by atoms with Crippen molar-refractivity contribution < 1.29 is 54.1 Å². The van der Waals surface area contributed by atoms with E-state index < -0.39 is 89.4 Å². The number of nitrogens with one attached hydrogen (secondary N) is 1. The van der Waals surface area contributed by atoms with Gasteiger partial charge >= 0.3 is 0 Å². The molecule has 3 aliphatic rings. The van der Waals surface area contributed by atoms with Gasteiger partial charge in [0, 0.05) is 48.4 Å². The standard InChI is InChI=1S/C32H39N3O11/c1-4-5-9-21(37)35-34-20(13-36)32(43)11-16-24(19(12-32)46-22-10-17(33)27(38)14(2)45-22)31(42)26-25(29(16)40)28(39)15-7-6-8-18(44-3)23(15)30(26)41/h6-8,14,17,19,22,27,36,38,40,42-43H,4-5,9-13,33H2,1-3H3,(H,35,37)/b34-20+/t14-,17-,19+,22?,27+,32+/m1/s1. The van der Waals surface area contributed by atoms with Crippen LogP contribution in [0, 0.1) is 0 Å². The SMILES string of the molecule is CCCCC(=O)N/N=C(\CO)[C@]1(O)Cc2c(O)c3c(c(O)c2[C@@H](OC2C[C@@H](N)[C@@H](O)[C@@H](C)O2)C1)C(=O)c1c(OC)cccc1C3=O. The molecule has 1 aliphatic heterocycles. The lowest BCUT2D eigenvalue weighted by atomic mass is 9.71. The van der Waals surface area contributed by atoms with Gasteiger partial charge in [0.1, 0.15) is 22.8 Å². The van der Waals surface area contributed by atoms with Crippen molar-refractivity contribution in [3.8, 4) is 17.2 Å². The number of nitrogens with zero attached hydrogens (tertiary/aromatic N) is 1. The Kier molecular flexibility index (Phi) is 9.50. The van der Waals surface area contributed by atoms with Gasteiger partial charge in [0.2, 0.25) is 11.7 Å². The maximum atomic E-state index is 13.9. The molecule has 0 aromatic heterocycles. The predicted octanol–water partition coefficient (Wildman–Crippen LogP) is 1.09. The minimum absolute atomic E-state index is 0.0177. The zero-order valence-corrected chi connectivity index (χ0v) is 25.8. The van der Waals surface area contributed by atoms with Gasteiger partial charge in [-0.3, -0.25) is 14.4 Å². The molecule has 2 aliphatic carbocycles. The quantitative estimate of drug-likeness (QED) is 0.0989. The van der Waals surface area contributed by atoms with Crippen molar-refractivity contribution in [2.75, 3.05) is 13.7 Å². The van der Waals surface area contributed by atoms with E-state index in [0.29, 0.717) is 6.42 Å². The topological polar surface area (TPSA) is 230 Å². The van der Waals surface area contributed by atoms with Crippen LogP contribution in [0.25, 0.3) is 0 Å². The van der Waals surface area contributed by atoms with E-state index in [2.05, 4.69) is 10.5 Å². The molecule has 0 saturated carbocycles. The summed E-state index contributed by atoms with van der Waals surface area (Å²) >= 11 is 0. The number of aromatic hydroxyl groups is 2. The Morgan fingerprint density at radius 1 is 1.17 bits per heavy atom. The maximum Gasteiger partial charge on any atom is 0.240 e. The summed E-state index contributed by atoms with van der Waals surface area (Å²) in [5.41, 5.74) is 4.83. The summed E-state index contributed by atoms with van der Waals surface area (Å²) in [5.74, 6) is -3.18.